The molecular formula is C21H30N2O3S2. The lowest BCUT2D eigenvalue weighted by molar-refractivity contribution is -0.136. The molecule has 0 spiro atoms. The first-order valence-electron chi connectivity index (χ1n) is 9.76. The first-order chi connectivity index (χ1) is 13.5. The van der Waals surface area contributed by atoms with Crippen LogP contribution >= 0.6 is 23.5 Å². The van der Waals surface area contributed by atoms with Crippen molar-refractivity contribution in [1.29, 1.82) is 0 Å². The zero-order valence-electron chi connectivity index (χ0n) is 16.7. The van der Waals surface area contributed by atoms with Crippen molar-refractivity contribution >= 4 is 40.5 Å². The lowest BCUT2D eigenvalue weighted by Crippen LogP contribution is -2.50. The van der Waals surface area contributed by atoms with Gasteiger partial charge in [0.1, 0.15) is 6.04 Å². The van der Waals surface area contributed by atoms with Crippen LogP contribution in [-0.4, -0.2) is 58.7 Å². The zero-order chi connectivity index (χ0) is 20.4. The van der Waals surface area contributed by atoms with Crippen molar-refractivity contribution in [2.24, 2.45) is 5.92 Å². The Morgan fingerprint density at radius 3 is 2.43 bits per heavy atom. The third-order valence-corrected chi connectivity index (χ3v) is 6.45. The van der Waals surface area contributed by atoms with Gasteiger partial charge < -0.3 is 10.2 Å². The molecule has 0 saturated carbocycles. The van der Waals surface area contributed by atoms with E-state index in [-0.39, 0.29) is 22.8 Å². The highest BCUT2D eigenvalue weighted by Gasteiger charge is 2.30. The fraction of sp³-hybridized carbons (Fsp3) is 0.571. The molecule has 154 valence electrons. The fourth-order valence-corrected chi connectivity index (χ4v) is 4.46. The van der Waals surface area contributed by atoms with E-state index in [1.165, 1.54) is 18.7 Å². The van der Waals surface area contributed by atoms with Crippen LogP contribution < -0.4 is 5.32 Å². The van der Waals surface area contributed by atoms with Crippen molar-refractivity contribution in [3.8, 4) is 0 Å². The number of hydrogen-bond acceptors (Lipinski definition) is 5. The van der Waals surface area contributed by atoms with E-state index >= 15 is 0 Å². The Bertz CT molecular complexity index is 648. The molecule has 2 atom stereocenters. The molecule has 1 N–H and O–H groups in total. The van der Waals surface area contributed by atoms with Gasteiger partial charge in [-0.15, -0.1) is 0 Å². The van der Waals surface area contributed by atoms with Crippen molar-refractivity contribution in [2.75, 3.05) is 30.9 Å². The second-order valence-electron chi connectivity index (χ2n) is 7.06. The summed E-state index contributed by atoms with van der Waals surface area (Å²) < 4.78 is 0. The van der Waals surface area contributed by atoms with Gasteiger partial charge in [0.05, 0.1) is 5.92 Å². The van der Waals surface area contributed by atoms with Crippen LogP contribution in [0.1, 0.15) is 31.7 Å². The molecule has 1 aromatic rings. The molecule has 0 aliphatic carbocycles. The van der Waals surface area contributed by atoms with E-state index in [1.54, 1.807) is 11.8 Å². The minimum atomic E-state index is -0.487. The minimum absolute atomic E-state index is 0.00191. The SMILES string of the molecule is CSCC[C@@H](NC(=O)C(CSC(C)=O)Cc1ccccc1)C(=O)N1CCCC1. The highest BCUT2D eigenvalue weighted by Crippen LogP contribution is 2.18. The predicted octanol–water partition coefficient (Wildman–Crippen LogP) is 2.99. The second-order valence-corrected chi connectivity index (χ2v) is 9.25. The van der Waals surface area contributed by atoms with Crippen LogP contribution in [0.15, 0.2) is 30.3 Å². The Balaban J connectivity index is 2.07. The van der Waals surface area contributed by atoms with E-state index in [2.05, 4.69) is 5.32 Å². The molecule has 2 amide bonds. The van der Waals surface area contributed by atoms with Gasteiger partial charge in [-0.05, 0) is 43.3 Å². The van der Waals surface area contributed by atoms with Crippen LogP contribution in [0.3, 0.4) is 0 Å². The maximum atomic E-state index is 13.0. The summed E-state index contributed by atoms with van der Waals surface area (Å²) in [5.74, 6) is 0.771. The van der Waals surface area contributed by atoms with Gasteiger partial charge in [-0.25, -0.2) is 0 Å². The van der Waals surface area contributed by atoms with Crippen molar-refractivity contribution in [2.45, 2.75) is 38.6 Å². The smallest absolute Gasteiger partial charge is 0.245 e. The summed E-state index contributed by atoms with van der Waals surface area (Å²) in [6, 6.07) is 9.31. The number of nitrogens with one attached hydrogen (secondary N) is 1. The maximum Gasteiger partial charge on any atom is 0.245 e. The molecule has 5 nitrogen and oxygen atoms in total. The molecule has 0 radical (unpaired) electrons. The first kappa shape index (κ1) is 22.8. The summed E-state index contributed by atoms with van der Waals surface area (Å²) in [7, 11) is 0. The molecule has 0 bridgehead atoms. The number of likely N-dealkylation sites (tertiary alicyclic amines) is 1. The Kier molecular flexibility index (Phi) is 9.92. The highest BCUT2D eigenvalue weighted by atomic mass is 32.2. The fourth-order valence-electron chi connectivity index (χ4n) is 3.28. The van der Waals surface area contributed by atoms with Crippen LogP contribution in [0.5, 0.6) is 0 Å². The van der Waals surface area contributed by atoms with Crippen molar-refractivity contribution in [3.63, 3.8) is 0 Å². The number of carbonyl (C=O) groups is 3. The molecule has 7 heteroatoms. The summed E-state index contributed by atoms with van der Waals surface area (Å²) in [4.78, 5) is 39.2. The van der Waals surface area contributed by atoms with E-state index in [0.29, 0.717) is 18.6 Å². The molecule has 1 heterocycles. The molecule has 2 rings (SSSR count). The predicted molar refractivity (Wildman–Crippen MR) is 118 cm³/mol. The van der Waals surface area contributed by atoms with Gasteiger partial charge >= 0.3 is 0 Å². The standard InChI is InChI=1S/C21H30N2O3S2/c1-16(24)28-15-18(14-17-8-4-3-5-9-17)20(25)22-19(10-13-27-2)21(26)23-11-6-7-12-23/h3-5,8-9,18-19H,6-7,10-15H2,1-2H3,(H,22,25)/t18?,19-/m1/s1. The number of amides is 2. The zero-order valence-corrected chi connectivity index (χ0v) is 18.3. The quantitative estimate of drug-likeness (QED) is 0.628. The summed E-state index contributed by atoms with van der Waals surface area (Å²) in [5, 5.41) is 3.00. The van der Waals surface area contributed by atoms with Crippen molar-refractivity contribution < 1.29 is 14.4 Å². The third kappa shape index (κ3) is 7.51. The van der Waals surface area contributed by atoms with Gasteiger partial charge in [0.15, 0.2) is 5.12 Å². The van der Waals surface area contributed by atoms with Gasteiger partial charge in [0.25, 0.3) is 0 Å². The van der Waals surface area contributed by atoms with E-state index in [9.17, 15) is 14.4 Å². The van der Waals surface area contributed by atoms with Crippen LogP contribution in [0, 0.1) is 5.92 Å². The monoisotopic (exact) mass is 422 g/mol. The molecule has 1 aliphatic heterocycles. The van der Waals surface area contributed by atoms with E-state index < -0.39 is 6.04 Å². The highest BCUT2D eigenvalue weighted by molar-refractivity contribution is 8.13. The average molecular weight is 423 g/mol. The van der Waals surface area contributed by atoms with Crippen molar-refractivity contribution in [1.82, 2.24) is 10.2 Å². The average Bonchev–Trinajstić information content (AvgIpc) is 3.23. The number of benzene rings is 1. The van der Waals surface area contributed by atoms with Crippen LogP contribution in [-0.2, 0) is 20.8 Å². The molecule has 1 aliphatic rings. The summed E-state index contributed by atoms with van der Waals surface area (Å²) >= 11 is 2.84. The molecule has 1 unspecified atom stereocenters. The molecule has 1 aromatic carbocycles. The molecule has 1 saturated heterocycles. The number of nitrogens with zero attached hydrogens (tertiary/aromatic N) is 1. The number of thioether (sulfide) groups is 2. The van der Waals surface area contributed by atoms with Gasteiger partial charge in [0.2, 0.25) is 11.8 Å². The number of hydrogen-bond donors (Lipinski definition) is 1. The van der Waals surface area contributed by atoms with Crippen LogP contribution in [0.2, 0.25) is 0 Å². The minimum Gasteiger partial charge on any atom is -0.344 e. The Morgan fingerprint density at radius 2 is 1.82 bits per heavy atom. The summed E-state index contributed by atoms with van der Waals surface area (Å²) in [6.45, 7) is 3.07. The second kappa shape index (κ2) is 12.2. The lowest BCUT2D eigenvalue weighted by Gasteiger charge is -2.26. The first-order valence-corrected chi connectivity index (χ1v) is 12.1. The van der Waals surface area contributed by atoms with E-state index in [4.69, 9.17) is 0 Å². The van der Waals surface area contributed by atoms with E-state index in [1.807, 2.05) is 41.5 Å². The molecule has 28 heavy (non-hydrogen) atoms. The lowest BCUT2D eigenvalue weighted by atomic mass is 9.99. The Labute approximate surface area is 176 Å². The van der Waals surface area contributed by atoms with Gasteiger partial charge in [-0.3, -0.25) is 14.4 Å². The maximum absolute atomic E-state index is 13.0. The number of carbonyl (C=O) groups excluding carboxylic acids is 3. The largest absolute Gasteiger partial charge is 0.344 e. The van der Waals surface area contributed by atoms with E-state index in [0.717, 1.165) is 37.2 Å². The Morgan fingerprint density at radius 1 is 1.14 bits per heavy atom. The summed E-state index contributed by atoms with van der Waals surface area (Å²) in [6.07, 6.45) is 5.24. The van der Waals surface area contributed by atoms with Gasteiger partial charge in [-0.1, -0.05) is 42.1 Å². The Hall–Kier alpha value is -1.47. The molecule has 0 aromatic heterocycles. The van der Waals surface area contributed by atoms with Crippen LogP contribution in [0.25, 0.3) is 0 Å². The van der Waals surface area contributed by atoms with Gasteiger partial charge in [0, 0.05) is 25.8 Å². The molecule has 1 fully saturated rings. The normalized spacial score (nSPS) is 15.9. The molecular weight excluding hydrogens is 392 g/mol. The third-order valence-electron chi connectivity index (χ3n) is 4.83. The van der Waals surface area contributed by atoms with Crippen molar-refractivity contribution in [3.05, 3.63) is 35.9 Å². The topological polar surface area (TPSA) is 66.5 Å². The van der Waals surface area contributed by atoms with Gasteiger partial charge in [-0.2, -0.15) is 11.8 Å². The number of rotatable bonds is 10. The van der Waals surface area contributed by atoms with Crippen LogP contribution in [0.4, 0.5) is 0 Å². The summed E-state index contributed by atoms with van der Waals surface area (Å²) in [5.41, 5.74) is 1.05.